The molecule has 1 N–H and O–H groups in total. The van der Waals surface area contributed by atoms with Gasteiger partial charge in [-0.1, -0.05) is 0 Å². The summed E-state index contributed by atoms with van der Waals surface area (Å²) in [6, 6.07) is 6.69. The van der Waals surface area contributed by atoms with Crippen LogP contribution < -0.4 is 10.1 Å². The summed E-state index contributed by atoms with van der Waals surface area (Å²) in [5.74, 6) is 0.0942. The molecule has 34 heavy (non-hydrogen) atoms. The lowest BCUT2D eigenvalue weighted by atomic mass is 10.1. The molecule has 3 heterocycles. The Morgan fingerprint density at radius 2 is 1.88 bits per heavy atom. The SMILES string of the molecule is CCOc1ccc(NC(=O)CCc2c(C)nc3cc(C)nn3c2C)cc1S(=O)(=O)N1CCCC1. The molecular weight excluding hydrogens is 454 g/mol. The van der Waals surface area contributed by atoms with Crippen molar-refractivity contribution in [3.05, 3.63) is 46.9 Å². The van der Waals surface area contributed by atoms with Gasteiger partial charge in [-0.3, -0.25) is 4.79 Å². The first-order valence-corrected chi connectivity index (χ1v) is 13.0. The van der Waals surface area contributed by atoms with Crippen molar-refractivity contribution in [1.29, 1.82) is 0 Å². The number of aryl methyl sites for hydroxylation is 3. The molecule has 1 aliphatic heterocycles. The molecule has 3 aromatic rings. The van der Waals surface area contributed by atoms with Crippen LogP contribution in [0.4, 0.5) is 5.69 Å². The molecule has 2 aromatic heterocycles. The summed E-state index contributed by atoms with van der Waals surface area (Å²) in [5, 5.41) is 7.32. The predicted octanol–water partition coefficient (Wildman–Crippen LogP) is 3.41. The molecular formula is C24H31N5O4S. The molecule has 0 saturated carbocycles. The molecule has 4 rings (SSSR count). The maximum absolute atomic E-state index is 13.2. The minimum atomic E-state index is -3.70. The summed E-state index contributed by atoms with van der Waals surface area (Å²) < 4.78 is 35.2. The van der Waals surface area contributed by atoms with Crippen molar-refractivity contribution in [2.75, 3.05) is 25.0 Å². The Kier molecular flexibility index (Phi) is 6.90. The van der Waals surface area contributed by atoms with E-state index in [4.69, 9.17) is 4.74 Å². The van der Waals surface area contributed by atoms with Crippen molar-refractivity contribution in [1.82, 2.24) is 18.9 Å². The summed E-state index contributed by atoms with van der Waals surface area (Å²) in [6.45, 7) is 8.98. The molecule has 0 radical (unpaired) electrons. The van der Waals surface area contributed by atoms with E-state index in [1.165, 1.54) is 10.4 Å². The number of anilines is 1. The second kappa shape index (κ2) is 9.71. The van der Waals surface area contributed by atoms with Crippen molar-refractivity contribution in [2.24, 2.45) is 0 Å². The monoisotopic (exact) mass is 485 g/mol. The van der Waals surface area contributed by atoms with Crippen molar-refractivity contribution in [3.8, 4) is 5.75 Å². The number of hydrogen-bond donors (Lipinski definition) is 1. The first-order valence-electron chi connectivity index (χ1n) is 11.6. The number of rotatable bonds is 8. The van der Waals surface area contributed by atoms with Gasteiger partial charge in [-0.05, 0) is 70.7 Å². The van der Waals surface area contributed by atoms with Gasteiger partial charge in [0.1, 0.15) is 10.6 Å². The normalized spacial score (nSPS) is 14.6. The van der Waals surface area contributed by atoms with Gasteiger partial charge in [-0.25, -0.2) is 17.9 Å². The molecule has 1 aromatic carbocycles. The minimum Gasteiger partial charge on any atom is -0.492 e. The largest absolute Gasteiger partial charge is 0.492 e. The molecule has 1 fully saturated rings. The molecule has 0 unspecified atom stereocenters. The molecule has 10 heteroatoms. The van der Waals surface area contributed by atoms with E-state index in [1.54, 1.807) is 16.6 Å². The lowest BCUT2D eigenvalue weighted by Crippen LogP contribution is -2.28. The highest BCUT2D eigenvalue weighted by Gasteiger charge is 2.30. The second-order valence-corrected chi connectivity index (χ2v) is 10.5. The second-order valence-electron chi connectivity index (χ2n) is 8.57. The van der Waals surface area contributed by atoms with Crippen LogP contribution in [0, 0.1) is 20.8 Å². The number of sulfonamides is 1. The van der Waals surface area contributed by atoms with Gasteiger partial charge < -0.3 is 10.1 Å². The Balaban J connectivity index is 1.52. The highest BCUT2D eigenvalue weighted by Crippen LogP contribution is 2.31. The lowest BCUT2D eigenvalue weighted by molar-refractivity contribution is -0.116. The van der Waals surface area contributed by atoms with Gasteiger partial charge in [-0.15, -0.1) is 0 Å². The van der Waals surface area contributed by atoms with E-state index in [0.29, 0.717) is 37.6 Å². The Labute approximate surface area is 200 Å². The van der Waals surface area contributed by atoms with Crippen molar-refractivity contribution in [3.63, 3.8) is 0 Å². The Bertz CT molecular complexity index is 1330. The number of hydrogen-bond acceptors (Lipinski definition) is 6. The van der Waals surface area contributed by atoms with E-state index in [2.05, 4.69) is 15.4 Å². The highest BCUT2D eigenvalue weighted by molar-refractivity contribution is 7.89. The first kappa shape index (κ1) is 24.2. The summed E-state index contributed by atoms with van der Waals surface area (Å²) >= 11 is 0. The predicted molar refractivity (Wildman–Crippen MR) is 130 cm³/mol. The van der Waals surface area contributed by atoms with Gasteiger partial charge in [0.05, 0.1) is 12.3 Å². The van der Waals surface area contributed by atoms with E-state index < -0.39 is 10.0 Å². The van der Waals surface area contributed by atoms with Crippen LogP contribution in [0.15, 0.2) is 29.2 Å². The number of nitrogens with zero attached hydrogens (tertiary/aromatic N) is 4. The Morgan fingerprint density at radius 1 is 1.15 bits per heavy atom. The average Bonchev–Trinajstić information content (AvgIpc) is 3.45. The number of ether oxygens (including phenoxy) is 1. The van der Waals surface area contributed by atoms with Gasteiger partial charge in [0, 0.05) is 42.7 Å². The molecule has 0 aliphatic carbocycles. The molecule has 0 spiro atoms. The number of benzene rings is 1. The molecule has 182 valence electrons. The van der Waals surface area contributed by atoms with Gasteiger partial charge in [0.15, 0.2) is 5.65 Å². The molecule has 1 saturated heterocycles. The fourth-order valence-electron chi connectivity index (χ4n) is 4.39. The molecule has 0 bridgehead atoms. The standard InChI is InChI=1S/C24H31N5O4S/c1-5-33-21-10-8-19(15-22(21)34(31,32)28-12-6-7-13-28)26-24(30)11-9-20-17(3)25-23-14-16(2)27-29(23)18(20)4/h8,10,14-15H,5-7,9,11-13H2,1-4H3,(H,26,30). The summed E-state index contributed by atoms with van der Waals surface area (Å²) in [5.41, 5.74) is 4.92. The zero-order valence-corrected chi connectivity index (χ0v) is 20.9. The van der Waals surface area contributed by atoms with Crippen molar-refractivity contribution in [2.45, 2.75) is 58.3 Å². The third-order valence-electron chi connectivity index (χ3n) is 6.10. The topological polar surface area (TPSA) is 106 Å². The zero-order valence-electron chi connectivity index (χ0n) is 20.1. The van der Waals surface area contributed by atoms with Crippen LogP contribution in [0.3, 0.4) is 0 Å². The summed E-state index contributed by atoms with van der Waals surface area (Å²) in [7, 11) is -3.70. The maximum Gasteiger partial charge on any atom is 0.246 e. The van der Waals surface area contributed by atoms with Crippen LogP contribution >= 0.6 is 0 Å². The van der Waals surface area contributed by atoms with E-state index in [1.807, 2.05) is 33.8 Å². The number of amides is 1. The third-order valence-corrected chi connectivity index (χ3v) is 8.02. The summed E-state index contributed by atoms with van der Waals surface area (Å²) in [4.78, 5) is 17.5. The third kappa shape index (κ3) is 4.78. The quantitative estimate of drug-likeness (QED) is 0.524. The van der Waals surface area contributed by atoms with E-state index in [-0.39, 0.29) is 17.2 Å². The van der Waals surface area contributed by atoms with E-state index >= 15 is 0 Å². The number of aromatic nitrogens is 3. The first-order chi connectivity index (χ1) is 16.2. The maximum atomic E-state index is 13.2. The van der Waals surface area contributed by atoms with Crippen molar-refractivity contribution >= 4 is 27.3 Å². The van der Waals surface area contributed by atoms with Gasteiger partial charge in [0.25, 0.3) is 0 Å². The van der Waals surface area contributed by atoms with Crippen LogP contribution in [0.2, 0.25) is 0 Å². The molecule has 1 amide bonds. The van der Waals surface area contributed by atoms with Crippen LogP contribution in [-0.4, -0.2) is 52.9 Å². The van der Waals surface area contributed by atoms with Crippen molar-refractivity contribution < 1.29 is 17.9 Å². The number of carbonyl (C=O) groups excluding carboxylic acids is 1. The zero-order chi connectivity index (χ0) is 24.5. The Hall–Kier alpha value is -2.98. The Morgan fingerprint density at radius 3 is 2.59 bits per heavy atom. The minimum absolute atomic E-state index is 0.0874. The smallest absolute Gasteiger partial charge is 0.246 e. The number of fused-ring (bicyclic) bond motifs is 1. The fraction of sp³-hybridized carbons (Fsp3) is 0.458. The summed E-state index contributed by atoms with van der Waals surface area (Å²) in [6.07, 6.45) is 2.42. The lowest BCUT2D eigenvalue weighted by Gasteiger charge is -2.19. The van der Waals surface area contributed by atoms with Gasteiger partial charge in [-0.2, -0.15) is 9.40 Å². The fourth-order valence-corrected chi connectivity index (χ4v) is 6.07. The van der Waals surface area contributed by atoms with E-state index in [9.17, 15) is 13.2 Å². The average molecular weight is 486 g/mol. The highest BCUT2D eigenvalue weighted by atomic mass is 32.2. The number of carbonyl (C=O) groups is 1. The molecule has 1 aliphatic rings. The van der Waals surface area contributed by atoms with Crippen LogP contribution in [-0.2, 0) is 21.2 Å². The van der Waals surface area contributed by atoms with Crippen LogP contribution in [0.1, 0.15) is 48.8 Å². The van der Waals surface area contributed by atoms with E-state index in [0.717, 1.165) is 41.1 Å². The molecule has 9 nitrogen and oxygen atoms in total. The van der Waals surface area contributed by atoms with Crippen LogP contribution in [0.25, 0.3) is 5.65 Å². The van der Waals surface area contributed by atoms with Crippen LogP contribution in [0.5, 0.6) is 5.75 Å². The van der Waals surface area contributed by atoms with Gasteiger partial charge in [0.2, 0.25) is 15.9 Å². The number of nitrogens with one attached hydrogen (secondary N) is 1. The molecule has 0 atom stereocenters. The van der Waals surface area contributed by atoms with Gasteiger partial charge >= 0.3 is 0 Å².